The minimum Gasteiger partial charge on any atom is -0.465 e. The topological polar surface area (TPSA) is 84.0 Å². The molecule has 2 aromatic carbocycles. The van der Waals surface area contributed by atoms with Gasteiger partial charge < -0.3 is 9.64 Å². The maximum Gasteiger partial charge on any atom is 0.337 e. The first-order chi connectivity index (χ1) is 14.8. The second-order valence-electron chi connectivity index (χ2n) is 7.61. The molecule has 7 nitrogen and oxygen atoms in total. The van der Waals surface area contributed by atoms with Gasteiger partial charge in [-0.15, -0.1) is 0 Å². The van der Waals surface area contributed by atoms with E-state index in [-0.39, 0.29) is 24.3 Å². The first-order valence-electron chi connectivity index (χ1n) is 10.2. The summed E-state index contributed by atoms with van der Waals surface area (Å²) in [5, 5.41) is 0. The number of hydrogen-bond acceptors (Lipinski definition) is 5. The summed E-state index contributed by atoms with van der Waals surface area (Å²) in [6.45, 7) is 5.66. The Balaban J connectivity index is 1.93. The summed E-state index contributed by atoms with van der Waals surface area (Å²) in [7, 11) is 1.28. The predicted molar refractivity (Wildman–Crippen MR) is 116 cm³/mol. The molecule has 3 amide bonds. The lowest BCUT2D eigenvalue weighted by molar-refractivity contribution is -0.122. The number of aryl methyl sites for hydroxylation is 1. The van der Waals surface area contributed by atoms with E-state index in [1.54, 1.807) is 12.1 Å². The Kier molecular flexibility index (Phi) is 6.53. The van der Waals surface area contributed by atoms with E-state index in [4.69, 9.17) is 0 Å². The molecule has 2 aromatic rings. The van der Waals surface area contributed by atoms with E-state index >= 15 is 0 Å². The van der Waals surface area contributed by atoms with Crippen LogP contribution in [0.5, 0.6) is 0 Å². The second-order valence-corrected chi connectivity index (χ2v) is 7.61. The number of imide groups is 1. The number of carbonyl (C=O) groups excluding carboxylic acids is 4. The maximum atomic E-state index is 13.4. The fourth-order valence-corrected chi connectivity index (χ4v) is 3.77. The van der Waals surface area contributed by atoms with Gasteiger partial charge in [0.2, 0.25) is 5.91 Å². The van der Waals surface area contributed by atoms with Crippen molar-refractivity contribution in [2.45, 2.75) is 45.7 Å². The summed E-state index contributed by atoms with van der Waals surface area (Å²) in [5.41, 5.74) is 2.01. The van der Waals surface area contributed by atoms with Crippen molar-refractivity contribution in [2.24, 2.45) is 0 Å². The molecule has 3 rings (SSSR count). The van der Waals surface area contributed by atoms with Crippen LogP contribution in [0, 0.1) is 6.92 Å². The molecular formula is C24H26N2O5. The van der Waals surface area contributed by atoms with Crippen LogP contribution in [0.25, 0.3) is 0 Å². The highest BCUT2D eigenvalue weighted by Crippen LogP contribution is 2.29. The van der Waals surface area contributed by atoms with Crippen LogP contribution >= 0.6 is 0 Å². The molecule has 2 atom stereocenters. The van der Waals surface area contributed by atoms with E-state index in [1.807, 2.05) is 32.9 Å². The van der Waals surface area contributed by atoms with Crippen LogP contribution < -0.4 is 4.90 Å². The van der Waals surface area contributed by atoms with E-state index in [9.17, 15) is 19.2 Å². The van der Waals surface area contributed by atoms with Gasteiger partial charge in [0.05, 0.1) is 24.8 Å². The van der Waals surface area contributed by atoms with Crippen molar-refractivity contribution in [2.75, 3.05) is 12.0 Å². The smallest absolute Gasteiger partial charge is 0.337 e. The standard InChI is InChI=1S/C24H26N2O5/c1-5-16(3)25(22(28)19-9-7-6-8-15(19)2)20-14-21(27)26(23(20)29)18-12-10-17(11-13-18)24(30)31-4/h6-13,16,20H,5,14H2,1-4H3. The molecule has 1 heterocycles. The molecule has 0 N–H and O–H groups in total. The first-order valence-corrected chi connectivity index (χ1v) is 10.2. The van der Waals surface area contributed by atoms with Crippen molar-refractivity contribution < 1.29 is 23.9 Å². The van der Waals surface area contributed by atoms with Crippen molar-refractivity contribution in [3.63, 3.8) is 0 Å². The molecule has 0 radical (unpaired) electrons. The molecule has 1 aliphatic rings. The Morgan fingerprint density at radius 1 is 1.13 bits per heavy atom. The number of hydrogen-bond donors (Lipinski definition) is 0. The average Bonchev–Trinajstić information content (AvgIpc) is 3.07. The number of methoxy groups -OCH3 is 1. The summed E-state index contributed by atoms with van der Waals surface area (Å²) < 4.78 is 4.68. The number of ether oxygens (including phenoxy) is 1. The van der Waals surface area contributed by atoms with Gasteiger partial charge >= 0.3 is 5.97 Å². The Labute approximate surface area is 181 Å². The van der Waals surface area contributed by atoms with Gasteiger partial charge in [0.15, 0.2) is 0 Å². The van der Waals surface area contributed by atoms with Crippen LogP contribution in [0.1, 0.15) is 53.0 Å². The highest BCUT2D eigenvalue weighted by molar-refractivity contribution is 6.23. The zero-order valence-electron chi connectivity index (χ0n) is 18.1. The molecule has 0 aliphatic carbocycles. The van der Waals surface area contributed by atoms with E-state index in [0.717, 1.165) is 10.5 Å². The molecular weight excluding hydrogens is 396 g/mol. The number of esters is 1. The summed E-state index contributed by atoms with van der Waals surface area (Å²) in [6.07, 6.45) is 0.558. The molecule has 162 valence electrons. The lowest BCUT2D eigenvalue weighted by Gasteiger charge is -2.33. The van der Waals surface area contributed by atoms with Crippen molar-refractivity contribution in [1.82, 2.24) is 4.90 Å². The summed E-state index contributed by atoms with van der Waals surface area (Å²) in [4.78, 5) is 53.7. The van der Waals surface area contributed by atoms with E-state index in [0.29, 0.717) is 23.2 Å². The zero-order chi connectivity index (χ0) is 22.7. The van der Waals surface area contributed by atoms with E-state index in [1.165, 1.54) is 36.3 Å². The number of rotatable bonds is 6. The molecule has 1 saturated heterocycles. The third-order valence-corrected chi connectivity index (χ3v) is 5.68. The Hall–Kier alpha value is -3.48. The normalized spacial score (nSPS) is 16.9. The van der Waals surface area contributed by atoms with Gasteiger partial charge in [-0.25, -0.2) is 9.69 Å². The van der Waals surface area contributed by atoms with Crippen molar-refractivity contribution in [1.29, 1.82) is 0 Å². The molecule has 0 aromatic heterocycles. The monoisotopic (exact) mass is 422 g/mol. The van der Waals surface area contributed by atoms with Crippen LogP contribution in [0.3, 0.4) is 0 Å². The Morgan fingerprint density at radius 3 is 2.35 bits per heavy atom. The first kappa shape index (κ1) is 22.2. The van der Waals surface area contributed by atoms with Crippen molar-refractivity contribution >= 4 is 29.4 Å². The van der Waals surface area contributed by atoms with Crippen LogP contribution in [-0.2, 0) is 14.3 Å². The molecule has 31 heavy (non-hydrogen) atoms. The average molecular weight is 422 g/mol. The molecule has 0 spiro atoms. The minimum absolute atomic E-state index is 0.0838. The van der Waals surface area contributed by atoms with Gasteiger partial charge in [-0.3, -0.25) is 14.4 Å². The predicted octanol–water partition coefficient (Wildman–Crippen LogP) is 3.35. The summed E-state index contributed by atoms with van der Waals surface area (Å²) in [6, 6.07) is 12.2. The van der Waals surface area contributed by atoms with Gasteiger partial charge in [0.1, 0.15) is 6.04 Å². The minimum atomic E-state index is -0.880. The van der Waals surface area contributed by atoms with Gasteiger partial charge in [-0.2, -0.15) is 0 Å². The number of amides is 3. The molecule has 1 aliphatic heterocycles. The summed E-state index contributed by atoms with van der Waals surface area (Å²) in [5.74, 6) is -1.60. The lowest BCUT2D eigenvalue weighted by Crippen LogP contribution is -2.49. The highest BCUT2D eigenvalue weighted by atomic mass is 16.5. The summed E-state index contributed by atoms with van der Waals surface area (Å²) >= 11 is 0. The number of benzene rings is 2. The van der Waals surface area contributed by atoms with E-state index < -0.39 is 17.9 Å². The molecule has 2 unspecified atom stereocenters. The molecule has 1 fully saturated rings. The maximum absolute atomic E-state index is 13.4. The van der Waals surface area contributed by atoms with Crippen LogP contribution in [0.15, 0.2) is 48.5 Å². The van der Waals surface area contributed by atoms with Gasteiger partial charge in [0.25, 0.3) is 11.8 Å². The lowest BCUT2D eigenvalue weighted by atomic mass is 10.0. The number of anilines is 1. The molecule has 7 heteroatoms. The third kappa shape index (κ3) is 4.21. The van der Waals surface area contributed by atoms with Crippen molar-refractivity contribution in [3.8, 4) is 0 Å². The van der Waals surface area contributed by atoms with Crippen LogP contribution in [-0.4, -0.2) is 47.8 Å². The van der Waals surface area contributed by atoms with Crippen LogP contribution in [0.2, 0.25) is 0 Å². The van der Waals surface area contributed by atoms with Gasteiger partial charge in [-0.05, 0) is 56.2 Å². The third-order valence-electron chi connectivity index (χ3n) is 5.68. The zero-order valence-corrected chi connectivity index (χ0v) is 18.1. The quantitative estimate of drug-likeness (QED) is 0.527. The fourth-order valence-electron chi connectivity index (χ4n) is 3.77. The SMILES string of the molecule is CCC(C)N(C(=O)c1ccccc1C)C1CC(=O)N(c2ccc(C(=O)OC)cc2)C1=O. The molecule has 0 bridgehead atoms. The van der Waals surface area contributed by atoms with Gasteiger partial charge in [0, 0.05) is 11.6 Å². The van der Waals surface area contributed by atoms with E-state index in [2.05, 4.69) is 4.74 Å². The number of nitrogens with zero attached hydrogens (tertiary/aromatic N) is 2. The van der Waals surface area contributed by atoms with Crippen LogP contribution in [0.4, 0.5) is 5.69 Å². The Bertz CT molecular complexity index is 1010. The molecule has 0 saturated carbocycles. The second kappa shape index (κ2) is 9.12. The fraction of sp³-hybridized carbons (Fsp3) is 0.333. The highest BCUT2D eigenvalue weighted by Gasteiger charge is 2.45. The van der Waals surface area contributed by atoms with Crippen molar-refractivity contribution in [3.05, 3.63) is 65.2 Å². The van der Waals surface area contributed by atoms with Gasteiger partial charge in [-0.1, -0.05) is 25.1 Å². The Morgan fingerprint density at radius 2 is 1.77 bits per heavy atom. The largest absolute Gasteiger partial charge is 0.465 e. The number of carbonyl (C=O) groups is 4.